The third kappa shape index (κ3) is 5.49. The number of carbonyl (C=O) groups is 1. The lowest BCUT2D eigenvalue weighted by molar-refractivity contribution is -0.137. The first-order chi connectivity index (χ1) is 13.2. The average Bonchev–Trinajstić information content (AvgIpc) is 2.65. The number of anilines is 1. The number of alkyl halides is 3. The van der Waals surface area contributed by atoms with Gasteiger partial charge in [0.25, 0.3) is 0 Å². The lowest BCUT2D eigenvalue weighted by Gasteiger charge is -2.31. The number of piperidine rings is 1. The van der Waals surface area contributed by atoms with Crippen molar-refractivity contribution in [2.45, 2.75) is 25.6 Å². The number of likely N-dealkylation sites (tertiary alicyclic amines) is 1. The highest BCUT2D eigenvalue weighted by molar-refractivity contribution is 9.10. The molecular formula is C20H19BrClF3N2O. The van der Waals surface area contributed by atoms with E-state index >= 15 is 0 Å². The van der Waals surface area contributed by atoms with Crippen LogP contribution in [0, 0.1) is 5.92 Å². The van der Waals surface area contributed by atoms with Crippen LogP contribution in [0.4, 0.5) is 18.9 Å². The standard InChI is InChI=1S/C20H19BrClF3N2O/c21-15-3-1-13(2-4-15)12-27-9-7-14(8-10-27)19(28)26-16-5-6-18(22)17(11-16)20(23,24)25/h1-6,11,14H,7-10,12H2,(H,26,28). The summed E-state index contributed by atoms with van der Waals surface area (Å²) in [6, 6.07) is 11.5. The molecule has 1 aliphatic heterocycles. The molecule has 0 aliphatic carbocycles. The average molecular weight is 476 g/mol. The summed E-state index contributed by atoms with van der Waals surface area (Å²) in [4.78, 5) is 14.7. The molecule has 0 radical (unpaired) electrons. The molecule has 1 heterocycles. The van der Waals surface area contributed by atoms with Gasteiger partial charge in [0.1, 0.15) is 0 Å². The van der Waals surface area contributed by atoms with Crippen molar-refractivity contribution in [1.29, 1.82) is 0 Å². The van der Waals surface area contributed by atoms with Crippen LogP contribution in [-0.2, 0) is 17.5 Å². The van der Waals surface area contributed by atoms with Gasteiger partial charge in [-0.15, -0.1) is 0 Å². The van der Waals surface area contributed by atoms with E-state index in [1.54, 1.807) is 0 Å². The van der Waals surface area contributed by atoms with Crippen LogP contribution < -0.4 is 5.32 Å². The maximum Gasteiger partial charge on any atom is 0.417 e. The first-order valence-electron chi connectivity index (χ1n) is 8.87. The van der Waals surface area contributed by atoms with Crippen LogP contribution in [-0.4, -0.2) is 23.9 Å². The van der Waals surface area contributed by atoms with Gasteiger partial charge in [-0.2, -0.15) is 13.2 Å². The third-order valence-corrected chi connectivity index (χ3v) is 5.68. The second kappa shape index (κ2) is 8.84. The van der Waals surface area contributed by atoms with Crippen LogP contribution >= 0.6 is 27.5 Å². The van der Waals surface area contributed by atoms with E-state index in [0.29, 0.717) is 12.8 Å². The quantitative estimate of drug-likeness (QED) is 0.591. The monoisotopic (exact) mass is 474 g/mol. The summed E-state index contributed by atoms with van der Waals surface area (Å²) in [7, 11) is 0. The van der Waals surface area contributed by atoms with Crippen molar-refractivity contribution in [3.05, 3.63) is 63.1 Å². The molecule has 0 spiro atoms. The molecular weight excluding hydrogens is 457 g/mol. The Morgan fingerprint density at radius 1 is 1.14 bits per heavy atom. The number of hydrogen-bond acceptors (Lipinski definition) is 2. The van der Waals surface area contributed by atoms with Crippen LogP contribution in [0.2, 0.25) is 5.02 Å². The van der Waals surface area contributed by atoms with E-state index in [1.165, 1.54) is 11.6 Å². The number of nitrogens with zero attached hydrogens (tertiary/aromatic N) is 1. The lowest BCUT2D eigenvalue weighted by Crippen LogP contribution is -2.37. The predicted molar refractivity (Wildman–Crippen MR) is 107 cm³/mol. The summed E-state index contributed by atoms with van der Waals surface area (Å²) >= 11 is 9.03. The van der Waals surface area contributed by atoms with Gasteiger partial charge in [0.2, 0.25) is 5.91 Å². The van der Waals surface area contributed by atoms with E-state index in [1.807, 2.05) is 12.1 Å². The fourth-order valence-electron chi connectivity index (χ4n) is 3.27. The van der Waals surface area contributed by atoms with Gasteiger partial charge in [0.05, 0.1) is 10.6 Å². The van der Waals surface area contributed by atoms with Gasteiger partial charge >= 0.3 is 6.18 Å². The van der Waals surface area contributed by atoms with Gasteiger partial charge in [-0.25, -0.2) is 0 Å². The Morgan fingerprint density at radius 3 is 2.39 bits per heavy atom. The molecule has 2 aromatic rings. The Morgan fingerprint density at radius 2 is 1.79 bits per heavy atom. The van der Waals surface area contributed by atoms with E-state index in [4.69, 9.17) is 11.6 Å². The minimum absolute atomic E-state index is 0.110. The molecule has 1 fully saturated rings. The van der Waals surface area contributed by atoms with Crippen molar-refractivity contribution in [2.75, 3.05) is 18.4 Å². The fraction of sp³-hybridized carbons (Fsp3) is 0.350. The molecule has 1 N–H and O–H groups in total. The molecule has 2 aromatic carbocycles. The summed E-state index contributed by atoms with van der Waals surface area (Å²) in [5.74, 6) is -0.468. The highest BCUT2D eigenvalue weighted by Gasteiger charge is 2.33. The lowest BCUT2D eigenvalue weighted by atomic mass is 9.95. The third-order valence-electron chi connectivity index (χ3n) is 4.82. The number of amides is 1. The van der Waals surface area contributed by atoms with E-state index in [2.05, 4.69) is 38.3 Å². The Kier molecular flexibility index (Phi) is 6.68. The molecule has 1 saturated heterocycles. The Bertz CT molecular complexity index is 834. The fourth-order valence-corrected chi connectivity index (χ4v) is 3.75. The van der Waals surface area contributed by atoms with Crippen LogP contribution in [0.3, 0.4) is 0 Å². The first kappa shape index (κ1) is 21.1. The molecule has 150 valence electrons. The summed E-state index contributed by atoms with van der Waals surface area (Å²) < 4.78 is 39.9. The molecule has 1 aliphatic rings. The highest BCUT2D eigenvalue weighted by atomic mass is 79.9. The molecule has 0 saturated carbocycles. The Labute approximate surface area is 175 Å². The Hall–Kier alpha value is -1.57. The maximum atomic E-state index is 13.0. The van der Waals surface area contributed by atoms with Gasteiger partial charge in [-0.1, -0.05) is 39.7 Å². The topological polar surface area (TPSA) is 32.3 Å². The van der Waals surface area contributed by atoms with Gasteiger partial charge in [0, 0.05) is 22.6 Å². The first-order valence-corrected chi connectivity index (χ1v) is 10.0. The minimum Gasteiger partial charge on any atom is -0.326 e. The number of benzene rings is 2. The summed E-state index contributed by atoms with van der Waals surface area (Å²) in [5.41, 5.74) is 0.363. The zero-order chi connectivity index (χ0) is 20.3. The summed E-state index contributed by atoms with van der Waals surface area (Å²) in [6.45, 7) is 2.35. The number of hydrogen-bond donors (Lipinski definition) is 1. The van der Waals surface area contributed by atoms with E-state index < -0.39 is 11.7 Å². The van der Waals surface area contributed by atoms with E-state index in [-0.39, 0.29) is 22.5 Å². The van der Waals surface area contributed by atoms with Gasteiger partial charge in [-0.3, -0.25) is 9.69 Å². The van der Waals surface area contributed by atoms with Crippen LogP contribution in [0.25, 0.3) is 0 Å². The van der Waals surface area contributed by atoms with Gasteiger partial charge in [-0.05, 0) is 61.8 Å². The Balaban J connectivity index is 1.55. The van der Waals surface area contributed by atoms with Crippen molar-refractivity contribution in [1.82, 2.24) is 4.90 Å². The molecule has 1 amide bonds. The maximum absolute atomic E-state index is 13.0. The largest absolute Gasteiger partial charge is 0.417 e. The SMILES string of the molecule is O=C(Nc1ccc(Cl)c(C(F)(F)F)c1)C1CCN(Cc2ccc(Br)cc2)CC1. The summed E-state index contributed by atoms with van der Waals surface area (Å²) in [5, 5.41) is 2.22. The molecule has 0 unspecified atom stereocenters. The van der Waals surface area contributed by atoms with Gasteiger partial charge < -0.3 is 5.32 Å². The second-order valence-electron chi connectivity index (χ2n) is 6.86. The molecule has 3 rings (SSSR count). The number of nitrogens with one attached hydrogen (secondary N) is 1. The number of halogens is 5. The molecule has 8 heteroatoms. The van der Waals surface area contributed by atoms with Crippen molar-refractivity contribution in [2.24, 2.45) is 5.92 Å². The molecule has 3 nitrogen and oxygen atoms in total. The smallest absolute Gasteiger partial charge is 0.326 e. The number of carbonyl (C=O) groups excluding carboxylic acids is 1. The van der Waals surface area contributed by atoms with Crippen molar-refractivity contribution < 1.29 is 18.0 Å². The second-order valence-corrected chi connectivity index (χ2v) is 8.18. The highest BCUT2D eigenvalue weighted by Crippen LogP contribution is 2.36. The van der Waals surface area contributed by atoms with Crippen molar-refractivity contribution in [3.63, 3.8) is 0 Å². The number of rotatable bonds is 4. The zero-order valence-electron chi connectivity index (χ0n) is 14.9. The minimum atomic E-state index is -4.56. The van der Waals surface area contributed by atoms with Crippen LogP contribution in [0.1, 0.15) is 24.0 Å². The van der Waals surface area contributed by atoms with Crippen molar-refractivity contribution in [3.8, 4) is 0 Å². The predicted octanol–water partition coefficient (Wildman–Crippen LogP) is 5.97. The zero-order valence-corrected chi connectivity index (χ0v) is 17.2. The normalized spacial score (nSPS) is 16.2. The van der Waals surface area contributed by atoms with Gasteiger partial charge in [0.15, 0.2) is 0 Å². The van der Waals surface area contributed by atoms with E-state index in [9.17, 15) is 18.0 Å². The summed E-state index contributed by atoms with van der Waals surface area (Å²) in [6.07, 6.45) is -3.22. The van der Waals surface area contributed by atoms with Crippen LogP contribution in [0.15, 0.2) is 46.9 Å². The van der Waals surface area contributed by atoms with E-state index in [0.717, 1.165) is 36.2 Å². The van der Waals surface area contributed by atoms with Crippen LogP contribution in [0.5, 0.6) is 0 Å². The van der Waals surface area contributed by atoms with Crippen molar-refractivity contribution >= 4 is 39.1 Å². The molecule has 0 bridgehead atoms. The molecule has 0 aromatic heterocycles. The molecule has 0 atom stereocenters. The molecule has 28 heavy (non-hydrogen) atoms.